The van der Waals surface area contributed by atoms with Crippen LogP contribution < -0.4 is 9.47 Å². The summed E-state index contributed by atoms with van der Waals surface area (Å²) < 4.78 is 11.4. The van der Waals surface area contributed by atoms with Gasteiger partial charge in [0, 0.05) is 0 Å². The van der Waals surface area contributed by atoms with Crippen molar-refractivity contribution in [3.63, 3.8) is 0 Å². The summed E-state index contributed by atoms with van der Waals surface area (Å²) in [6.45, 7) is 1.01. The van der Waals surface area contributed by atoms with Crippen LogP contribution in [0.3, 0.4) is 0 Å². The first-order chi connectivity index (χ1) is 15.6. The SMILES string of the molecule is O=C(O)c1cc(CCCCCCc2ccc(OCCOc3ccccc3)cc2)ccc1O. The zero-order chi connectivity index (χ0) is 22.6. The predicted octanol–water partition coefficient (Wildman–Crippen LogP) is 5.89. The summed E-state index contributed by atoms with van der Waals surface area (Å²) in [5, 5.41) is 18.7. The minimum atomic E-state index is -1.10. The Labute approximate surface area is 189 Å². The lowest BCUT2D eigenvalue weighted by atomic mass is 10.0. The molecule has 0 bridgehead atoms. The second kappa shape index (κ2) is 12.4. The molecule has 5 heteroatoms. The molecule has 32 heavy (non-hydrogen) atoms. The van der Waals surface area contributed by atoms with Crippen LogP contribution in [0.2, 0.25) is 0 Å². The lowest BCUT2D eigenvalue weighted by Crippen LogP contribution is -2.08. The molecule has 3 rings (SSSR count). The van der Waals surface area contributed by atoms with Crippen molar-refractivity contribution in [1.29, 1.82) is 0 Å². The third-order valence-electron chi connectivity index (χ3n) is 5.26. The number of rotatable bonds is 13. The number of unbranched alkanes of at least 4 members (excludes halogenated alkanes) is 3. The third kappa shape index (κ3) is 7.65. The number of ether oxygens (including phenoxy) is 2. The molecule has 168 valence electrons. The molecule has 0 saturated carbocycles. The van der Waals surface area contributed by atoms with Crippen molar-refractivity contribution >= 4 is 5.97 Å². The van der Waals surface area contributed by atoms with E-state index in [9.17, 15) is 9.90 Å². The van der Waals surface area contributed by atoms with Crippen LogP contribution in [-0.4, -0.2) is 29.4 Å². The highest BCUT2D eigenvalue weighted by atomic mass is 16.5. The molecule has 5 nitrogen and oxygen atoms in total. The van der Waals surface area contributed by atoms with E-state index in [0.29, 0.717) is 13.2 Å². The van der Waals surface area contributed by atoms with Gasteiger partial charge in [-0.3, -0.25) is 0 Å². The van der Waals surface area contributed by atoms with Gasteiger partial charge in [0.15, 0.2) is 0 Å². The van der Waals surface area contributed by atoms with E-state index in [0.717, 1.165) is 55.6 Å². The van der Waals surface area contributed by atoms with Crippen molar-refractivity contribution < 1.29 is 24.5 Å². The summed E-state index contributed by atoms with van der Waals surface area (Å²) >= 11 is 0. The maximum atomic E-state index is 11.1. The number of phenols is 1. The van der Waals surface area contributed by atoms with Gasteiger partial charge in [0.2, 0.25) is 0 Å². The van der Waals surface area contributed by atoms with Crippen molar-refractivity contribution in [1.82, 2.24) is 0 Å². The average molecular weight is 435 g/mol. The fraction of sp³-hybridized carbons (Fsp3) is 0.296. The van der Waals surface area contributed by atoms with Gasteiger partial charge in [-0.2, -0.15) is 0 Å². The highest BCUT2D eigenvalue weighted by Gasteiger charge is 2.09. The summed E-state index contributed by atoms with van der Waals surface area (Å²) in [5.74, 6) is 0.416. The molecule has 0 fully saturated rings. The Hall–Kier alpha value is -3.47. The Morgan fingerprint density at radius 2 is 1.25 bits per heavy atom. The summed E-state index contributed by atoms with van der Waals surface area (Å²) in [6, 6.07) is 22.7. The van der Waals surface area contributed by atoms with Crippen molar-refractivity contribution in [2.75, 3.05) is 13.2 Å². The first kappa shape index (κ1) is 23.2. The Bertz CT molecular complexity index is 967. The quantitative estimate of drug-likeness (QED) is 0.328. The molecule has 0 aliphatic rings. The lowest BCUT2D eigenvalue weighted by Gasteiger charge is -2.09. The van der Waals surface area contributed by atoms with Crippen molar-refractivity contribution in [2.45, 2.75) is 38.5 Å². The predicted molar refractivity (Wildman–Crippen MR) is 125 cm³/mol. The van der Waals surface area contributed by atoms with Gasteiger partial charge in [0.25, 0.3) is 0 Å². The molecule has 3 aromatic carbocycles. The Kier molecular flexibility index (Phi) is 8.99. The van der Waals surface area contributed by atoms with E-state index in [4.69, 9.17) is 14.6 Å². The average Bonchev–Trinajstić information content (AvgIpc) is 2.81. The Morgan fingerprint density at radius 1 is 0.688 bits per heavy atom. The Morgan fingerprint density at radius 3 is 1.88 bits per heavy atom. The van der Waals surface area contributed by atoms with Gasteiger partial charge < -0.3 is 19.7 Å². The van der Waals surface area contributed by atoms with Gasteiger partial charge >= 0.3 is 5.97 Å². The minimum absolute atomic E-state index is 0.0290. The van der Waals surface area contributed by atoms with Crippen LogP contribution in [0, 0.1) is 0 Å². The van der Waals surface area contributed by atoms with Crippen LogP contribution in [0.5, 0.6) is 17.2 Å². The highest BCUT2D eigenvalue weighted by molar-refractivity contribution is 5.90. The van der Waals surface area contributed by atoms with Crippen molar-refractivity contribution in [3.8, 4) is 17.2 Å². The monoisotopic (exact) mass is 434 g/mol. The standard InChI is InChI=1S/C27H30O5/c28-26-17-14-22(20-25(26)27(29)30)9-5-2-1-4-8-21-12-15-24(16-13-21)32-19-18-31-23-10-6-3-7-11-23/h3,6-7,10-17,20,28H,1-2,4-5,8-9,18-19H2,(H,29,30). The van der Waals surface area contributed by atoms with Crippen LogP contribution in [0.1, 0.15) is 47.2 Å². The van der Waals surface area contributed by atoms with E-state index in [1.54, 1.807) is 12.1 Å². The van der Waals surface area contributed by atoms with Gasteiger partial charge in [0.05, 0.1) is 0 Å². The van der Waals surface area contributed by atoms with Crippen molar-refractivity contribution in [2.24, 2.45) is 0 Å². The minimum Gasteiger partial charge on any atom is -0.507 e. The third-order valence-corrected chi connectivity index (χ3v) is 5.26. The molecule has 0 atom stereocenters. The highest BCUT2D eigenvalue weighted by Crippen LogP contribution is 2.20. The topological polar surface area (TPSA) is 76.0 Å². The summed E-state index contributed by atoms with van der Waals surface area (Å²) in [4.78, 5) is 11.1. The van der Waals surface area contributed by atoms with E-state index in [2.05, 4.69) is 12.1 Å². The lowest BCUT2D eigenvalue weighted by molar-refractivity contribution is 0.0693. The van der Waals surface area contributed by atoms with Crippen LogP contribution in [0.15, 0.2) is 72.8 Å². The van der Waals surface area contributed by atoms with Gasteiger partial charge in [-0.05, 0) is 73.2 Å². The summed E-state index contributed by atoms with van der Waals surface area (Å²) in [6.07, 6.45) is 6.17. The second-order valence-corrected chi connectivity index (χ2v) is 7.72. The number of aromatic hydroxyl groups is 1. The summed E-state index contributed by atoms with van der Waals surface area (Å²) in [7, 11) is 0. The molecular formula is C27H30O5. The molecule has 0 aliphatic carbocycles. The van der Waals surface area contributed by atoms with Gasteiger partial charge in [-0.25, -0.2) is 4.79 Å². The largest absolute Gasteiger partial charge is 0.507 e. The number of para-hydroxylation sites is 1. The van der Waals surface area contributed by atoms with Gasteiger partial charge in [0.1, 0.15) is 36.0 Å². The van der Waals surface area contributed by atoms with E-state index < -0.39 is 5.97 Å². The number of carboxylic acids is 1. The van der Waals surface area contributed by atoms with Crippen LogP contribution >= 0.6 is 0 Å². The number of benzene rings is 3. The fourth-order valence-electron chi connectivity index (χ4n) is 3.51. The zero-order valence-electron chi connectivity index (χ0n) is 18.2. The van der Waals surface area contributed by atoms with E-state index in [1.807, 2.05) is 42.5 Å². The first-order valence-electron chi connectivity index (χ1n) is 11.1. The molecule has 0 saturated heterocycles. The molecule has 0 aromatic heterocycles. The van der Waals surface area contributed by atoms with Crippen molar-refractivity contribution in [3.05, 3.63) is 89.5 Å². The van der Waals surface area contributed by atoms with Crippen LogP contribution in [0.4, 0.5) is 0 Å². The first-order valence-corrected chi connectivity index (χ1v) is 11.1. The smallest absolute Gasteiger partial charge is 0.339 e. The maximum Gasteiger partial charge on any atom is 0.339 e. The number of carboxylic acid groups (broad SMARTS) is 1. The fourth-order valence-corrected chi connectivity index (χ4v) is 3.51. The van der Waals surface area contributed by atoms with Crippen LogP contribution in [-0.2, 0) is 12.8 Å². The Balaban J connectivity index is 1.28. The molecule has 3 aromatic rings. The molecule has 0 unspecified atom stereocenters. The number of aromatic carboxylic acids is 1. The molecule has 0 spiro atoms. The van der Waals surface area contributed by atoms with Crippen LogP contribution in [0.25, 0.3) is 0 Å². The van der Waals surface area contributed by atoms with E-state index >= 15 is 0 Å². The summed E-state index contributed by atoms with van der Waals surface area (Å²) in [5.41, 5.74) is 2.21. The van der Waals surface area contributed by atoms with Gasteiger partial charge in [-0.15, -0.1) is 0 Å². The molecule has 2 N–H and O–H groups in total. The van der Waals surface area contributed by atoms with E-state index in [1.165, 1.54) is 11.6 Å². The number of hydrogen-bond acceptors (Lipinski definition) is 4. The molecule has 0 amide bonds. The number of aryl methyl sites for hydroxylation is 2. The van der Waals surface area contributed by atoms with Gasteiger partial charge in [-0.1, -0.05) is 49.2 Å². The molecular weight excluding hydrogens is 404 g/mol. The second-order valence-electron chi connectivity index (χ2n) is 7.72. The maximum absolute atomic E-state index is 11.1. The molecule has 0 aliphatic heterocycles. The number of hydrogen-bond donors (Lipinski definition) is 2. The molecule has 0 radical (unpaired) electrons. The normalized spacial score (nSPS) is 10.6. The molecule has 0 heterocycles. The number of carbonyl (C=O) groups is 1. The zero-order valence-corrected chi connectivity index (χ0v) is 18.2. The van der Waals surface area contributed by atoms with E-state index in [-0.39, 0.29) is 11.3 Å².